The molecule has 1 saturated heterocycles. The average Bonchev–Trinajstić information content (AvgIpc) is 2.12. The normalized spacial score (nSPS) is 23.8. The van der Waals surface area contributed by atoms with Gasteiger partial charge in [0.25, 0.3) is 0 Å². The lowest BCUT2D eigenvalue weighted by atomic mass is 10.1. The highest BCUT2D eigenvalue weighted by Crippen LogP contribution is 2.30. The first kappa shape index (κ1) is 11.3. The summed E-state index contributed by atoms with van der Waals surface area (Å²) in [6.45, 7) is 7.64. The maximum atomic E-state index is 5.52. The molecule has 0 radical (unpaired) electrons. The Hall–Kier alpha value is 0.200. The fraction of sp³-hybridized carbons (Fsp3) is 0.889. The monoisotopic (exact) mass is 218 g/mol. The molecule has 1 aliphatic heterocycles. The molecule has 13 heavy (non-hydrogen) atoms. The second-order valence-electron chi connectivity index (χ2n) is 4.10. The van der Waals surface area contributed by atoms with Crippen LogP contribution < -0.4 is 5.73 Å². The van der Waals surface area contributed by atoms with Crippen molar-refractivity contribution in [3.8, 4) is 0 Å². The zero-order valence-corrected chi connectivity index (χ0v) is 10.0. The second kappa shape index (κ2) is 4.62. The summed E-state index contributed by atoms with van der Waals surface area (Å²) < 4.78 is 0.422. The van der Waals surface area contributed by atoms with Crippen molar-refractivity contribution in [2.24, 2.45) is 5.73 Å². The van der Waals surface area contributed by atoms with E-state index in [-0.39, 0.29) is 0 Å². The van der Waals surface area contributed by atoms with E-state index in [0.717, 1.165) is 19.6 Å². The van der Waals surface area contributed by atoms with Gasteiger partial charge in [-0.15, -0.1) is 0 Å². The van der Waals surface area contributed by atoms with Crippen LogP contribution in [0.4, 0.5) is 0 Å². The predicted molar refractivity (Wildman–Crippen MR) is 64.4 cm³/mol. The summed E-state index contributed by atoms with van der Waals surface area (Å²) in [6.07, 6.45) is 1.22. The molecule has 1 heterocycles. The number of thiocarbonyl (C=S) groups is 1. The van der Waals surface area contributed by atoms with E-state index in [2.05, 4.69) is 18.7 Å². The summed E-state index contributed by atoms with van der Waals surface area (Å²) in [6, 6.07) is 0. The van der Waals surface area contributed by atoms with Crippen molar-refractivity contribution in [2.75, 3.05) is 25.4 Å². The van der Waals surface area contributed by atoms with Crippen molar-refractivity contribution < 1.29 is 0 Å². The molecule has 0 unspecified atom stereocenters. The third kappa shape index (κ3) is 4.29. The maximum absolute atomic E-state index is 5.52. The van der Waals surface area contributed by atoms with Gasteiger partial charge >= 0.3 is 0 Å². The largest absolute Gasteiger partial charge is 0.392 e. The van der Waals surface area contributed by atoms with Crippen LogP contribution >= 0.6 is 24.0 Å². The molecule has 1 rings (SSSR count). The molecule has 0 amide bonds. The molecule has 4 heteroatoms. The highest BCUT2D eigenvalue weighted by molar-refractivity contribution is 8.00. The molecule has 0 spiro atoms. The molecule has 0 saturated carbocycles. The minimum Gasteiger partial charge on any atom is -0.392 e. The van der Waals surface area contributed by atoms with Crippen LogP contribution in [0, 0.1) is 0 Å². The van der Waals surface area contributed by atoms with E-state index >= 15 is 0 Å². The van der Waals surface area contributed by atoms with E-state index in [4.69, 9.17) is 18.0 Å². The van der Waals surface area contributed by atoms with Crippen molar-refractivity contribution in [1.82, 2.24) is 4.90 Å². The van der Waals surface area contributed by atoms with Crippen molar-refractivity contribution in [1.29, 1.82) is 0 Å². The number of nitrogens with two attached hydrogens (primary N) is 1. The van der Waals surface area contributed by atoms with Crippen LogP contribution in [0.2, 0.25) is 0 Å². The summed E-state index contributed by atoms with van der Waals surface area (Å²) in [7, 11) is 0. The second-order valence-corrected chi connectivity index (χ2v) is 6.43. The van der Waals surface area contributed by atoms with Crippen LogP contribution in [-0.2, 0) is 0 Å². The summed E-state index contributed by atoms with van der Waals surface area (Å²) in [5, 5.41) is 0. The van der Waals surface area contributed by atoms with Crippen LogP contribution in [0.5, 0.6) is 0 Å². The Labute approximate surface area is 90.2 Å². The molecule has 0 atom stereocenters. The van der Waals surface area contributed by atoms with Gasteiger partial charge < -0.3 is 5.73 Å². The van der Waals surface area contributed by atoms with Gasteiger partial charge in [0.05, 0.1) is 4.99 Å². The Kier molecular flexibility index (Phi) is 4.01. The van der Waals surface area contributed by atoms with Crippen molar-refractivity contribution >= 4 is 29.0 Å². The van der Waals surface area contributed by atoms with E-state index in [9.17, 15) is 0 Å². The van der Waals surface area contributed by atoms with Crippen molar-refractivity contribution in [3.63, 3.8) is 0 Å². The van der Waals surface area contributed by atoms with E-state index in [1.165, 1.54) is 12.2 Å². The molecule has 0 aromatic carbocycles. The average molecular weight is 218 g/mol. The number of nitrogens with zero attached hydrogens (tertiary/aromatic N) is 1. The molecule has 1 aliphatic rings. The van der Waals surface area contributed by atoms with Crippen molar-refractivity contribution in [3.05, 3.63) is 0 Å². The Morgan fingerprint density at radius 3 is 2.85 bits per heavy atom. The van der Waals surface area contributed by atoms with Crippen LogP contribution in [0.25, 0.3) is 0 Å². The minimum atomic E-state index is 0.422. The first-order valence-corrected chi connectivity index (χ1v) is 6.04. The molecular formula is C9H18N2S2. The number of thioether (sulfide) groups is 1. The van der Waals surface area contributed by atoms with Gasteiger partial charge in [-0.25, -0.2) is 0 Å². The van der Waals surface area contributed by atoms with Gasteiger partial charge in [0.15, 0.2) is 0 Å². The molecule has 0 bridgehead atoms. The van der Waals surface area contributed by atoms with Gasteiger partial charge in [0.2, 0.25) is 0 Å². The molecule has 0 aromatic heterocycles. The summed E-state index contributed by atoms with van der Waals surface area (Å²) in [4.78, 5) is 2.97. The van der Waals surface area contributed by atoms with Gasteiger partial charge in [0, 0.05) is 23.6 Å². The van der Waals surface area contributed by atoms with Gasteiger partial charge in [-0.3, -0.25) is 4.90 Å². The third-order valence-corrected chi connectivity index (χ3v) is 3.81. The summed E-state index contributed by atoms with van der Waals surface area (Å²) in [5.74, 6) is 1.19. The lowest BCUT2D eigenvalue weighted by Crippen LogP contribution is -2.34. The fourth-order valence-electron chi connectivity index (χ4n) is 1.44. The van der Waals surface area contributed by atoms with Gasteiger partial charge in [0.1, 0.15) is 0 Å². The standard InChI is InChI=1S/C9H18N2S2/c1-9(2)3-4-11(5-6-13-9)7-8(10)12/h3-7H2,1-2H3,(H2,10,12). The maximum Gasteiger partial charge on any atom is 0.0870 e. The zero-order chi connectivity index (χ0) is 9.90. The smallest absolute Gasteiger partial charge is 0.0870 e. The van der Waals surface area contributed by atoms with Gasteiger partial charge in [-0.05, 0) is 13.0 Å². The lowest BCUT2D eigenvalue weighted by molar-refractivity contribution is 0.322. The topological polar surface area (TPSA) is 29.3 Å². The van der Waals surface area contributed by atoms with Crippen LogP contribution in [-0.4, -0.2) is 40.0 Å². The summed E-state index contributed by atoms with van der Waals surface area (Å²) >= 11 is 6.95. The van der Waals surface area contributed by atoms with Gasteiger partial charge in [-0.1, -0.05) is 26.1 Å². The molecular weight excluding hydrogens is 200 g/mol. The first-order chi connectivity index (χ1) is 5.99. The molecule has 2 nitrogen and oxygen atoms in total. The predicted octanol–water partition coefficient (Wildman–Crippen LogP) is 1.49. The SMILES string of the molecule is CC1(C)CCN(CC(N)=S)CCS1. The third-order valence-electron chi connectivity index (χ3n) is 2.31. The lowest BCUT2D eigenvalue weighted by Gasteiger charge is -2.22. The fourth-order valence-corrected chi connectivity index (χ4v) is 2.76. The molecule has 0 aromatic rings. The number of rotatable bonds is 2. The zero-order valence-electron chi connectivity index (χ0n) is 8.38. The van der Waals surface area contributed by atoms with E-state index < -0.39 is 0 Å². The van der Waals surface area contributed by atoms with Crippen LogP contribution in [0.1, 0.15) is 20.3 Å². The highest BCUT2D eigenvalue weighted by atomic mass is 32.2. The van der Waals surface area contributed by atoms with Crippen molar-refractivity contribution in [2.45, 2.75) is 25.0 Å². The Morgan fingerprint density at radius 1 is 1.54 bits per heavy atom. The Morgan fingerprint density at radius 2 is 2.23 bits per heavy atom. The molecule has 2 N–H and O–H groups in total. The number of hydrogen-bond donors (Lipinski definition) is 1. The molecule has 1 fully saturated rings. The number of hydrogen-bond acceptors (Lipinski definition) is 3. The van der Waals surface area contributed by atoms with E-state index in [0.29, 0.717) is 9.74 Å². The van der Waals surface area contributed by atoms with E-state index in [1.54, 1.807) is 0 Å². The summed E-state index contributed by atoms with van der Waals surface area (Å²) in [5.41, 5.74) is 5.52. The first-order valence-electron chi connectivity index (χ1n) is 4.64. The minimum absolute atomic E-state index is 0.422. The molecule has 76 valence electrons. The molecule has 0 aliphatic carbocycles. The van der Waals surface area contributed by atoms with Gasteiger partial charge in [-0.2, -0.15) is 11.8 Å². The Bertz CT molecular complexity index is 192. The Balaban J connectivity index is 2.40. The van der Waals surface area contributed by atoms with Crippen LogP contribution in [0.15, 0.2) is 0 Å². The van der Waals surface area contributed by atoms with E-state index in [1.807, 2.05) is 11.8 Å². The van der Waals surface area contributed by atoms with Crippen LogP contribution in [0.3, 0.4) is 0 Å². The quantitative estimate of drug-likeness (QED) is 0.711. The highest BCUT2D eigenvalue weighted by Gasteiger charge is 2.23.